The van der Waals surface area contributed by atoms with Crippen LogP contribution in [0.5, 0.6) is 17.2 Å². The van der Waals surface area contributed by atoms with Gasteiger partial charge in [0, 0.05) is 0 Å². The first-order valence-electron chi connectivity index (χ1n) is 7.66. The normalized spacial score (nSPS) is 10.3. The molecular weight excluding hydrogens is 338 g/mol. The fourth-order valence-electron chi connectivity index (χ4n) is 2.36. The number of hydrogen-bond acceptors (Lipinski definition) is 7. The summed E-state index contributed by atoms with van der Waals surface area (Å²) in [5, 5.41) is 10.4. The summed E-state index contributed by atoms with van der Waals surface area (Å²) in [6.07, 6.45) is 0. The zero-order valence-corrected chi connectivity index (χ0v) is 14.5. The van der Waals surface area contributed by atoms with Crippen LogP contribution in [0.25, 0.3) is 11.5 Å². The molecule has 3 aromatic rings. The number of aromatic nitrogens is 2. The Morgan fingerprint density at radius 1 is 0.962 bits per heavy atom. The molecule has 3 rings (SSSR count). The number of nitrogens with zero attached hydrogens (tertiary/aromatic N) is 2. The number of ether oxygens (including phenoxy) is 3. The van der Waals surface area contributed by atoms with E-state index in [1.807, 2.05) is 12.1 Å². The molecule has 0 aliphatic rings. The molecule has 0 saturated heterocycles. The Balaban J connectivity index is 1.84. The van der Waals surface area contributed by atoms with Crippen molar-refractivity contribution in [3.05, 3.63) is 48.0 Å². The van der Waals surface area contributed by atoms with E-state index in [4.69, 9.17) is 18.6 Å². The number of para-hydroxylation sites is 1. The van der Waals surface area contributed by atoms with Gasteiger partial charge >= 0.3 is 6.01 Å². The molecule has 8 nitrogen and oxygen atoms in total. The highest BCUT2D eigenvalue weighted by molar-refractivity contribution is 6.05. The van der Waals surface area contributed by atoms with Crippen molar-refractivity contribution in [3.8, 4) is 28.7 Å². The standard InChI is InChI=1S/C18H17N3O5/c1-23-11-8-9-15(25-3)13(10-11)16(22)19-18-21-20-17(26-18)12-6-4-5-7-14(12)24-2/h4-10H,1-3H3,(H,19,21,22). The van der Waals surface area contributed by atoms with E-state index in [-0.39, 0.29) is 17.5 Å². The minimum atomic E-state index is -0.462. The van der Waals surface area contributed by atoms with Crippen LogP contribution in [0.4, 0.5) is 6.01 Å². The van der Waals surface area contributed by atoms with Crippen molar-refractivity contribution < 1.29 is 23.4 Å². The third kappa shape index (κ3) is 3.44. The van der Waals surface area contributed by atoms with Crippen LogP contribution in [0.2, 0.25) is 0 Å². The topological polar surface area (TPSA) is 95.7 Å². The number of anilines is 1. The van der Waals surface area contributed by atoms with Crippen molar-refractivity contribution >= 4 is 11.9 Å². The fourth-order valence-corrected chi connectivity index (χ4v) is 2.36. The SMILES string of the molecule is COc1ccc(OC)c(C(=O)Nc2nnc(-c3ccccc3OC)o2)c1. The van der Waals surface area contributed by atoms with Crippen LogP contribution in [0, 0.1) is 0 Å². The Morgan fingerprint density at radius 2 is 1.73 bits per heavy atom. The van der Waals surface area contributed by atoms with E-state index in [0.29, 0.717) is 22.8 Å². The van der Waals surface area contributed by atoms with Crippen molar-refractivity contribution in [2.75, 3.05) is 26.6 Å². The molecule has 1 aromatic heterocycles. The third-order valence-electron chi connectivity index (χ3n) is 3.63. The van der Waals surface area contributed by atoms with Crippen molar-refractivity contribution in [3.63, 3.8) is 0 Å². The molecule has 0 saturated carbocycles. The summed E-state index contributed by atoms with van der Waals surface area (Å²) in [5.41, 5.74) is 0.908. The van der Waals surface area contributed by atoms with E-state index in [0.717, 1.165) is 0 Å². The zero-order chi connectivity index (χ0) is 18.5. The maximum atomic E-state index is 12.5. The van der Waals surface area contributed by atoms with Gasteiger partial charge in [-0.05, 0) is 30.3 Å². The maximum Gasteiger partial charge on any atom is 0.322 e. The minimum absolute atomic E-state index is 0.0409. The van der Waals surface area contributed by atoms with Gasteiger partial charge in [-0.15, -0.1) is 5.10 Å². The molecule has 0 radical (unpaired) electrons. The van der Waals surface area contributed by atoms with E-state index in [1.165, 1.54) is 14.2 Å². The molecule has 0 fully saturated rings. The maximum absolute atomic E-state index is 12.5. The molecule has 1 amide bonds. The van der Waals surface area contributed by atoms with E-state index < -0.39 is 5.91 Å². The van der Waals surface area contributed by atoms with E-state index >= 15 is 0 Å². The highest BCUT2D eigenvalue weighted by Crippen LogP contribution is 2.30. The summed E-state index contributed by atoms with van der Waals surface area (Å²) < 4.78 is 21.1. The van der Waals surface area contributed by atoms with Crippen molar-refractivity contribution in [2.45, 2.75) is 0 Å². The first-order chi connectivity index (χ1) is 12.7. The Morgan fingerprint density at radius 3 is 2.46 bits per heavy atom. The predicted octanol–water partition coefficient (Wildman–Crippen LogP) is 3.01. The van der Waals surface area contributed by atoms with Gasteiger partial charge in [0.15, 0.2) is 0 Å². The Hall–Kier alpha value is -3.55. The van der Waals surface area contributed by atoms with E-state index in [9.17, 15) is 4.79 Å². The Kier molecular flexibility index (Phi) is 5.02. The predicted molar refractivity (Wildman–Crippen MR) is 93.8 cm³/mol. The van der Waals surface area contributed by atoms with Gasteiger partial charge in [-0.3, -0.25) is 10.1 Å². The lowest BCUT2D eigenvalue weighted by Gasteiger charge is -2.09. The van der Waals surface area contributed by atoms with Crippen LogP contribution in [0.3, 0.4) is 0 Å². The summed E-state index contributed by atoms with van der Waals surface area (Å²) >= 11 is 0. The molecule has 1 N–H and O–H groups in total. The monoisotopic (exact) mass is 355 g/mol. The number of rotatable bonds is 6. The molecule has 0 spiro atoms. The van der Waals surface area contributed by atoms with Gasteiger partial charge in [-0.1, -0.05) is 17.2 Å². The van der Waals surface area contributed by atoms with Gasteiger partial charge in [-0.25, -0.2) is 0 Å². The Labute approximate surface area is 149 Å². The third-order valence-corrected chi connectivity index (χ3v) is 3.63. The molecule has 8 heteroatoms. The van der Waals surface area contributed by atoms with Crippen LogP contribution >= 0.6 is 0 Å². The van der Waals surface area contributed by atoms with Gasteiger partial charge in [0.1, 0.15) is 17.2 Å². The molecule has 0 unspecified atom stereocenters. The smallest absolute Gasteiger partial charge is 0.322 e. The van der Waals surface area contributed by atoms with Crippen LogP contribution < -0.4 is 19.5 Å². The van der Waals surface area contributed by atoms with Crippen LogP contribution in [-0.4, -0.2) is 37.4 Å². The number of methoxy groups -OCH3 is 3. The van der Waals surface area contributed by atoms with Crippen LogP contribution in [0.15, 0.2) is 46.9 Å². The van der Waals surface area contributed by atoms with Gasteiger partial charge in [-0.2, -0.15) is 0 Å². The molecule has 0 bridgehead atoms. The lowest BCUT2D eigenvalue weighted by molar-refractivity contribution is 0.102. The summed E-state index contributed by atoms with van der Waals surface area (Å²) in [7, 11) is 4.54. The highest BCUT2D eigenvalue weighted by atomic mass is 16.5. The summed E-state index contributed by atoms with van der Waals surface area (Å²) in [5.74, 6) is 1.28. The summed E-state index contributed by atoms with van der Waals surface area (Å²) in [4.78, 5) is 12.5. The molecular formula is C18H17N3O5. The first kappa shape index (κ1) is 17.3. The molecule has 1 heterocycles. The zero-order valence-electron chi connectivity index (χ0n) is 14.5. The molecule has 2 aromatic carbocycles. The molecule has 0 aliphatic heterocycles. The number of carbonyl (C=O) groups is 1. The average Bonchev–Trinajstić information content (AvgIpc) is 3.15. The number of hydrogen-bond donors (Lipinski definition) is 1. The van der Waals surface area contributed by atoms with Crippen molar-refractivity contribution in [1.29, 1.82) is 0 Å². The lowest BCUT2D eigenvalue weighted by Crippen LogP contribution is -2.13. The quantitative estimate of drug-likeness (QED) is 0.726. The molecule has 0 aliphatic carbocycles. The van der Waals surface area contributed by atoms with Crippen molar-refractivity contribution in [2.24, 2.45) is 0 Å². The molecule has 26 heavy (non-hydrogen) atoms. The number of nitrogens with one attached hydrogen (secondary N) is 1. The van der Waals surface area contributed by atoms with Crippen LogP contribution in [-0.2, 0) is 0 Å². The number of amides is 1. The van der Waals surface area contributed by atoms with E-state index in [1.54, 1.807) is 37.4 Å². The second kappa shape index (κ2) is 7.56. The number of benzene rings is 2. The first-order valence-corrected chi connectivity index (χ1v) is 7.66. The molecule has 0 atom stereocenters. The van der Waals surface area contributed by atoms with Gasteiger partial charge in [0.05, 0.1) is 32.5 Å². The fraction of sp³-hybridized carbons (Fsp3) is 0.167. The molecule has 134 valence electrons. The van der Waals surface area contributed by atoms with Crippen molar-refractivity contribution in [1.82, 2.24) is 10.2 Å². The van der Waals surface area contributed by atoms with Gasteiger partial charge in [0.25, 0.3) is 11.8 Å². The largest absolute Gasteiger partial charge is 0.497 e. The summed E-state index contributed by atoms with van der Waals surface area (Å²) in [6.45, 7) is 0. The minimum Gasteiger partial charge on any atom is -0.497 e. The lowest BCUT2D eigenvalue weighted by atomic mass is 10.1. The number of carbonyl (C=O) groups excluding carboxylic acids is 1. The van der Waals surface area contributed by atoms with Crippen LogP contribution in [0.1, 0.15) is 10.4 Å². The summed E-state index contributed by atoms with van der Waals surface area (Å²) in [6, 6.07) is 12.1. The second-order valence-electron chi connectivity index (χ2n) is 5.13. The van der Waals surface area contributed by atoms with Gasteiger partial charge in [0.2, 0.25) is 0 Å². The van der Waals surface area contributed by atoms with Gasteiger partial charge < -0.3 is 18.6 Å². The highest BCUT2D eigenvalue weighted by Gasteiger charge is 2.18. The second-order valence-corrected chi connectivity index (χ2v) is 5.13. The average molecular weight is 355 g/mol. The Bertz CT molecular complexity index is 923. The van der Waals surface area contributed by atoms with E-state index in [2.05, 4.69) is 15.5 Å².